The maximum atomic E-state index is 13.4. The van der Waals surface area contributed by atoms with Gasteiger partial charge in [-0.3, -0.25) is 9.69 Å². The van der Waals surface area contributed by atoms with Gasteiger partial charge in [0, 0.05) is 32.6 Å². The Morgan fingerprint density at radius 3 is 2.72 bits per heavy atom. The van der Waals surface area contributed by atoms with E-state index in [0.29, 0.717) is 6.54 Å². The second-order valence-corrected chi connectivity index (χ2v) is 4.45. The number of carbonyl (C=O) groups excluding carboxylic acids is 1. The van der Waals surface area contributed by atoms with Gasteiger partial charge >= 0.3 is 0 Å². The van der Waals surface area contributed by atoms with Crippen molar-refractivity contribution in [1.29, 1.82) is 0 Å². The van der Waals surface area contributed by atoms with E-state index in [0.717, 1.165) is 32.2 Å². The van der Waals surface area contributed by atoms with Crippen LogP contribution >= 0.6 is 0 Å². The predicted octanol–water partition coefficient (Wildman–Crippen LogP) is 0.982. The number of hydrogen-bond donors (Lipinski definition) is 1. The van der Waals surface area contributed by atoms with Gasteiger partial charge in [-0.25, -0.2) is 8.78 Å². The molecule has 5 heteroatoms. The van der Waals surface area contributed by atoms with E-state index in [4.69, 9.17) is 0 Å². The fraction of sp³-hybridized carbons (Fsp3) is 0.462. The normalized spacial score (nSPS) is 16.8. The van der Waals surface area contributed by atoms with Crippen LogP contribution in [0.1, 0.15) is 5.56 Å². The van der Waals surface area contributed by atoms with Crippen LogP contribution in [0.5, 0.6) is 0 Å². The Morgan fingerprint density at radius 1 is 1.28 bits per heavy atom. The molecular formula is C13H16F2N2O. The summed E-state index contributed by atoms with van der Waals surface area (Å²) >= 11 is 0. The number of halogens is 2. The van der Waals surface area contributed by atoms with E-state index in [2.05, 4.69) is 5.32 Å². The minimum absolute atomic E-state index is 0.0481. The molecular weight excluding hydrogens is 238 g/mol. The third-order valence-electron chi connectivity index (χ3n) is 3.03. The maximum Gasteiger partial charge on any atom is 0.162 e. The van der Waals surface area contributed by atoms with E-state index in [9.17, 15) is 13.6 Å². The highest BCUT2D eigenvalue weighted by Crippen LogP contribution is 2.12. The summed E-state index contributed by atoms with van der Waals surface area (Å²) in [6.45, 7) is 3.66. The van der Waals surface area contributed by atoms with Crippen molar-refractivity contribution in [2.45, 2.75) is 6.42 Å². The summed E-state index contributed by atoms with van der Waals surface area (Å²) in [7, 11) is 0. The average Bonchev–Trinajstić information content (AvgIpc) is 2.36. The molecule has 0 amide bonds. The van der Waals surface area contributed by atoms with E-state index < -0.39 is 11.6 Å². The summed E-state index contributed by atoms with van der Waals surface area (Å²) in [4.78, 5) is 13.8. The van der Waals surface area contributed by atoms with Crippen molar-refractivity contribution in [3.63, 3.8) is 0 Å². The highest BCUT2D eigenvalue weighted by atomic mass is 19.2. The Morgan fingerprint density at radius 2 is 2.00 bits per heavy atom. The zero-order valence-corrected chi connectivity index (χ0v) is 10.1. The third kappa shape index (κ3) is 3.34. The lowest BCUT2D eigenvalue weighted by Crippen LogP contribution is -2.45. The lowest BCUT2D eigenvalue weighted by Gasteiger charge is -2.26. The van der Waals surface area contributed by atoms with E-state index in [-0.39, 0.29) is 17.8 Å². The molecule has 98 valence electrons. The van der Waals surface area contributed by atoms with Gasteiger partial charge in [0.15, 0.2) is 17.4 Å². The van der Waals surface area contributed by atoms with Gasteiger partial charge in [-0.15, -0.1) is 0 Å². The monoisotopic (exact) mass is 254 g/mol. The topological polar surface area (TPSA) is 32.3 Å². The molecule has 0 radical (unpaired) electrons. The highest BCUT2D eigenvalue weighted by Gasteiger charge is 2.16. The number of hydrogen-bond acceptors (Lipinski definition) is 3. The zero-order valence-electron chi connectivity index (χ0n) is 10.1. The maximum absolute atomic E-state index is 13.4. The van der Waals surface area contributed by atoms with Gasteiger partial charge < -0.3 is 5.32 Å². The van der Waals surface area contributed by atoms with Gasteiger partial charge in [-0.05, 0) is 11.6 Å². The van der Waals surface area contributed by atoms with Crippen LogP contribution in [0.4, 0.5) is 8.78 Å². The summed E-state index contributed by atoms with van der Waals surface area (Å²) in [6.07, 6.45) is -0.0481. The van der Waals surface area contributed by atoms with E-state index in [1.54, 1.807) is 0 Å². The smallest absolute Gasteiger partial charge is 0.162 e. The van der Waals surface area contributed by atoms with Crippen molar-refractivity contribution in [2.24, 2.45) is 0 Å². The molecule has 0 atom stereocenters. The Labute approximate surface area is 105 Å². The quantitative estimate of drug-likeness (QED) is 0.869. The minimum atomic E-state index is -0.911. The Kier molecular flexibility index (Phi) is 4.38. The van der Waals surface area contributed by atoms with Gasteiger partial charge in [0.2, 0.25) is 0 Å². The number of piperazine rings is 1. The van der Waals surface area contributed by atoms with Crippen LogP contribution in [0.15, 0.2) is 18.2 Å². The molecule has 18 heavy (non-hydrogen) atoms. The summed E-state index contributed by atoms with van der Waals surface area (Å²) < 4.78 is 26.4. The fourth-order valence-electron chi connectivity index (χ4n) is 2.07. The minimum Gasteiger partial charge on any atom is -0.314 e. The molecule has 1 heterocycles. The molecule has 0 unspecified atom stereocenters. The highest BCUT2D eigenvalue weighted by molar-refractivity contribution is 5.82. The number of ketones is 1. The molecule has 1 aliphatic rings. The number of nitrogens with one attached hydrogen (secondary N) is 1. The van der Waals surface area contributed by atoms with Gasteiger partial charge in [0.1, 0.15) is 0 Å². The van der Waals surface area contributed by atoms with Crippen molar-refractivity contribution >= 4 is 5.78 Å². The second kappa shape index (κ2) is 6.02. The van der Waals surface area contributed by atoms with Crippen molar-refractivity contribution in [2.75, 3.05) is 32.7 Å². The summed E-state index contributed by atoms with van der Waals surface area (Å²) in [5.41, 5.74) is 0.134. The molecule has 1 aromatic rings. The van der Waals surface area contributed by atoms with Crippen LogP contribution in [0, 0.1) is 11.6 Å². The molecule has 0 aromatic heterocycles. The van der Waals surface area contributed by atoms with Crippen molar-refractivity contribution in [3.8, 4) is 0 Å². The molecule has 1 aromatic carbocycles. The van der Waals surface area contributed by atoms with Crippen LogP contribution in [0.2, 0.25) is 0 Å². The van der Waals surface area contributed by atoms with Gasteiger partial charge in [-0.2, -0.15) is 0 Å². The van der Waals surface area contributed by atoms with Crippen LogP contribution < -0.4 is 5.32 Å². The van der Waals surface area contributed by atoms with E-state index in [1.165, 1.54) is 12.1 Å². The molecule has 1 N–H and O–H groups in total. The Balaban J connectivity index is 1.92. The van der Waals surface area contributed by atoms with Crippen molar-refractivity contribution in [3.05, 3.63) is 35.4 Å². The first-order chi connectivity index (χ1) is 8.66. The van der Waals surface area contributed by atoms with Crippen LogP contribution in [-0.4, -0.2) is 43.4 Å². The second-order valence-electron chi connectivity index (χ2n) is 4.45. The first-order valence-electron chi connectivity index (χ1n) is 6.04. The van der Waals surface area contributed by atoms with Gasteiger partial charge in [0.25, 0.3) is 0 Å². The standard InChI is InChI=1S/C13H16F2N2O/c14-12-3-1-2-10(13(12)15)8-11(18)9-17-6-4-16-5-7-17/h1-3,16H,4-9H2. The molecule has 2 rings (SSSR count). The van der Waals surface area contributed by atoms with E-state index >= 15 is 0 Å². The van der Waals surface area contributed by atoms with Gasteiger partial charge in [0.05, 0.1) is 6.54 Å². The first-order valence-corrected chi connectivity index (χ1v) is 6.04. The Bertz CT molecular complexity index is 431. The summed E-state index contributed by atoms with van der Waals surface area (Å²) in [5, 5.41) is 3.19. The molecule has 0 saturated carbocycles. The number of nitrogens with zero attached hydrogens (tertiary/aromatic N) is 1. The molecule has 0 aliphatic carbocycles. The van der Waals surface area contributed by atoms with Crippen molar-refractivity contribution < 1.29 is 13.6 Å². The molecule has 0 bridgehead atoms. The Hall–Kier alpha value is -1.33. The molecule has 1 aliphatic heterocycles. The molecule has 3 nitrogen and oxygen atoms in total. The van der Waals surface area contributed by atoms with Crippen LogP contribution in [-0.2, 0) is 11.2 Å². The molecule has 1 fully saturated rings. The first kappa shape index (κ1) is 13.1. The predicted molar refractivity (Wildman–Crippen MR) is 64.4 cm³/mol. The van der Waals surface area contributed by atoms with Gasteiger partial charge in [-0.1, -0.05) is 12.1 Å². The average molecular weight is 254 g/mol. The summed E-state index contributed by atoms with van der Waals surface area (Å²) in [5.74, 6) is -1.89. The molecule has 1 saturated heterocycles. The number of rotatable bonds is 4. The SMILES string of the molecule is O=C(Cc1cccc(F)c1F)CN1CCNCC1. The number of carbonyl (C=O) groups is 1. The molecule has 0 spiro atoms. The van der Waals surface area contributed by atoms with E-state index in [1.807, 2.05) is 4.90 Å². The lowest BCUT2D eigenvalue weighted by atomic mass is 10.1. The fourth-order valence-corrected chi connectivity index (χ4v) is 2.07. The van der Waals surface area contributed by atoms with Crippen LogP contribution in [0.3, 0.4) is 0 Å². The van der Waals surface area contributed by atoms with Crippen LogP contribution in [0.25, 0.3) is 0 Å². The summed E-state index contributed by atoms with van der Waals surface area (Å²) in [6, 6.07) is 3.93. The zero-order chi connectivity index (χ0) is 13.0. The van der Waals surface area contributed by atoms with Crippen molar-refractivity contribution in [1.82, 2.24) is 10.2 Å². The lowest BCUT2D eigenvalue weighted by molar-refractivity contribution is -0.119. The number of benzene rings is 1. The largest absolute Gasteiger partial charge is 0.314 e. The number of Topliss-reactive ketones (excluding diaryl/α,β-unsaturated/α-hetero) is 1. The third-order valence-corrected chi connectivity index (χ3v) is 3.03.